The number of benzene rings is 1. The zero-order valence-electron chi connectivity index (χ0n) is 10.1. The Morgan fingerprint density at radius 1 is 1.45 bits per heavy atom. The molecule has 2 aromatic rings. The first kappa shape index (κ1) is 14.3. The molecule has 0 unspecified atom stereocenters. The molecule has 1 heterocycles. The molecule has 0 aliphatic carbocycles. The van der Waals surface area contributed by atoms with E-state index in [0.29, 0.717) is 0 Å². The van der Waals surface area contributed by atoms with E-state index in [2.05, 4.69) is 19.9 Å². The summed E-state index contributed by atoms with van der Waals surface area (Å²) in [4.78, 5) is 14.5. The maximum atomic E-state index is 12.2. The molecule has 0 aliphatic heterocycles. The van der Waals surface area contributed by atoms with Crippen LogP contribution in [0.2, 0.25) is 5.02 Å². The second kappa shape index (κ2) is 5.10. The Morgan fingerprint density at radius 2 is 2.15 bits per heavy atom. The number of aromatic nitrogens is 3. The Bertz CT molecular complexity index is 758. The molecule has 8 nitrogen and oxygen atoms in total. The van der Waals surface area contributed by atoms with Gasteiger partial charge >= 0.3 is 5.97 Å². The first-order valence-corrected chi connectivity index (χ1v) is 7.09. The third-order valence-corrected chi connectivity index (χ3v) is 4.17. The van der Waals surface area contributed by atoms with Crippen molar-refractivity contribution in [3.8, 4) is 0 Å². The Morgan fingerprint density at radius 3 is 2.70 bits per heavy atom. The maximum Gasteiger partial charge on any atom is 0.336 e. The van der Waals surface area contributed by atoms with Gasteiger partial charge in [0.15, 0.2) is 0 Å². The predicted octanol–water partition coefficient (Wildman–Crippen LogP) is 1.27. The fourth-order valence-electron chi connectivity index (χ4n) is 1.59. The van der Waals surface area contributed by atoms with Gasteiger partial charge in [0.2, 0.25) is 5.95 Å². The van der Waals surface area contributed by atoms with Crippen molar-refractivity contribution in [3.63, 3.8) is 0 Å². The second-order valence-corrected chi connectivity index (χ2v) is 5.91. The molecule has 0 aliphatic rings. The van der Waals surface area contributed by atoms with Crippen LogP contribution in [0.1, 0.15) is 15.9 Å². The number of H-pyrrole nitrogens is 1. The molecule has 3 N–H and O–H groups in total. The number of carbonyl (C=O) groups is 1. The number of hydrogen-bond donors (Lipinski definition) is 3. The summed E-state index contributed by atoms with van der Waals surface area (Å²) in [7, 11) is -4.02. The van der Waals surface area contributed by atoms with Crippen LogP contribution in [-0.4, -0.2) is 34.7 Å². The summed E-state index contributed by atoms with van der Waals surface area (Å²) in [5.41, 5.74) is -0.107. The fraction of sp³-hybridized carbons (Fsp3) is 0.100. The highest BCUT2D eigenvalue weighted by atomic mass is 35.5. The van der Waals surface area contributed by atoms with Crippen LogP contribution in [0, 0.1) is 6.92 Å². The highest BCUT2D eigenvalue weighted by Crippen LogP contribution is 2.25. The average Bonchev–Trinajstić information content (AvgIpc) is 2.83. The molecule has 1 aromatic heterocycles. The summed E-state index contributed by atoms with van der Waals surface area (Å²) in [5, 5.41) is 14.9. The van der Waals surface area contributed by atoms with Crippen LogP contribution in [0.3, 0.4) is 0 Å². The number of carboxylic acids is 1. The molecule has 0 spiro atoms. The zero-order chi connectivity index (χ0) is 14.9. The summed E-state index contributed by atoms with van der Waals surface area (Å²) >= 11 is 5.76. The van der Waals surface area contributed by atoms with Crippen molar-refractivity contribution >= 4 is 33.5 Å². The van der Waals surface area contributed by atoms with E-state index in [1.165, 1.54) is 19.1 Å². The minimum absolute atomic E-state index is 0.00550. The van der Waals surface area contributed by atoms with Gasteiger partial charge in [-0.2, -0.15) is 10.1 Å². The number of carboxylic acid groups (broad SMARTS) is 1. The minimum atomic E-state index is -4.02. The fourth-order valence-corrected chi connectivity index (χ4v) is 3.13. The number of anilines is 1. The number of nitrogens with one attached hydrogen (secondary N) is 2. The van der Waals surface area contributed by atoms with E-state index in [1.54, 1.807) is 0 Å². The summed E-state index contributed by atoms with van der Waals surface area (Å²) < 4.78 is 26.5. The first-order chi connectivity index (χ1) is 9.31. The molecule has 2 rings (SSSR count). The largest absolute Gasteiger partial charge is 0.478 e. The number of hydrogen-bond acceptors (Lipinski definition) is 5. The Hall–Kier alpha value is -2.13. The highest BCUT2D eigenvalue weighted by Gasteiger charge is 2.23. The van der Waals surface area contributed by atoms with Gasteiger partial charge in [-0.05, 0) is 24.6 Å². The lowest BCUT2D eigenvalue weighted by atomic mass is 10.1. The molecule has 0 fully saturated rings. The number of aromatic carboxylic acids is 1. The molecular formula is C10H9ClN4O4S. The quantitative estimate of drug-likeness (QED) is 0.780. The minimum Gasteiger partial charge on any atom is -0.478 e. The summed E-state index contributed by atoms with van der Waals surface area (Å²) in [6.07, 6.45) is 1.13. The van der Waals surface area contributed by atoms with Crippen LogP contribution >= 0.6 is 11.6 Å². The molecule has 1 aromatic carbocycles. The van der Waals surface area contributed by atoms with Crippen molar-refractivity contribution in [3.05, 3.63) is 34.6 Å². The monoisotopic (exact) mass is 316 g/mol. The standard InChI is InChI=1S/C10H9ClN4O4S/c1-5-7(9(16)17)2-6(11)3-8(5)20(18,19)15-10-12-4-13-14-10/h2-4H,1H3,(H,16,17)(H2,12,13,14,15). The average molecular weight is 317 g/mol. The van der Waals surface area contributed by atoms with E-state index < -0.39 is 16.0 Å². The molecule has 106 valence electrons. The van der Waals surface area contributed by atoms with Crippen LogP contribution in [0.15, 0.2) is 23.4 Å². The lowest BCUT2D eigenvalue weighted by Crippen LogP contribution is -2.17. The topological polar surface area (TPSA) is 125 Å². The van der Waals surface area contributed by atoms with Crippen molar-refractivity contribution in [2.24, 2.45) is 0 Å². The first-order valence-electron chi connectivity index (χ1n) is 5.23. The molecular weight excluding hydrogens is 308 g/mol. The van der Waals surface area contributed by atoms with Crippen LogP contribution < -0.4 is 4.72 Å². The maximum absolute atomic E-state index is 12.2. The van der Waals surface area contributed by atoms with Gasteiger partial charge in [0, 0.05) is 5.02 Å². The van der Waals surface area contributed by atoms with Gasteiger partial charge in [0.1, 0.15) is 6.33 Å². The van der Waals surface area contributed by atoms with E-state index in [-0.39, 0.29) is 27.0 Å². The molecule has 0 bridgehead atoms. The summed E-state index contributed by atoms with van der Waals surface area (Å²) in [5.74, 6) is -1.35. The third-order valence-electron chi connectivity index (χ3n) is 2.49. The smallest absolute Gasteiger partial charge is 0.336 e. The zero-order valence-corrected chi connectivity index (χ0v) is 11.7. The lowest BCUT2D eigenvalue weighted by molar-refractivity contribution is 0.0696. The molecule has 20 heavy (non-hydrogen) atoms. The van der Waals surface area contributed by atoms with Gasteiger partial charge in [-0.3, -0.25) is 0 Å². The Kier molecular flexibility index (Phi) is 3.64. The number of rotatable bonds is 4. The number of aromatic amines is 1. The van der Waals surface area contributed by atoms with E-state index in [9.17, 15) is 13.2 Å². The molecule has 0 atom stereocenters. The Labute approximate surface area is 118 Å². The van der Waals surface area contributed by atoms with Gasteiger partial charge < -0.3 is 5.11 Å². The van der Waals surface area contributed by atoms with Gasteiger partial charge in [0.25, 0.3) is 10.0 Å². The molecule has 0 saturated carbocycles. The van der Waals surface area contributed by atoms with Crippen LogP contribution in [0.5, 0.6) is 0 Å². The highest BCUT2D eigenvalue weighted by molar-refractivity contribution is 7.92. The predicted molar refractivity (Wildman–Crippen MR) is 70.3 cm³/mol. The number of sulfonamides is 1. The SMILES string of the molecule is Cc1c(C(=O)O)cc(Cl)cc1S(=O)(=O)Nc1ncn[nH]1. The number of halogens is 1. The van der Waals surface area contributed by atoms with Crippen molar-refractivity contribution in [2.45, 2.75) is 11.8 Å². The normalized spacial score (nSPS) is 11.3. The third kappa shape index (κ3) is 2.73. The Balaban J connectivity index is 2.54. The van der Waals surface area contributed by atoms with Crippen LogP contribution in [0.4, 0.5) is 5.95 Å². The molecule has 10 heteroatoms. The van der Waals surface area contributed by atoms with Gasteiger partial charge in [-0.25, -0.2) is 23.0 Å². The van der Waals surface area contributed by atoms with E-state index in [0.717, 1.165) is 6.33 Å². The second-order valence-electron chi connectivity index (χ2n) is 3.82. The van der Waals surface area contributed by atoms with Crippen molar-refractivity contribution in [1.29, 1.82) is 0 Å². The van der Waals surface area contributed by atoms with E-state index >= 15 is 0 Å². The molecule has 0 amide bonds. The van der Waals surface area contributed by atoms with Crippen molar-refractivity contribution in [1.82, 2.24) is 15.2 Å². The summed E-state index contributed by atoms with van der Waals surface area (Å²) in [6, 6.07) is 2.36. The van der Waals surface area contributed by atoms with E-state index in [4.69, 9.17) is 16.7 Å². The summed E-state index contributed by atoms with van der Waals surface area (Å²) in [6.45, 7) is 1.38. The van der Waals surface area contributed by atoms with E-state index in [1.807, 2.05) is 0 Å². The number of nitrogens with zero attached hydrogens (tertiary/aromatic N) is 2. The van der Waals surface area contributed by atoms with Crippen molar-refractivity contribution in [2.75, 3.05) is 4.72 Å². The van der Waals surface area contributed by atoms with Gasteiger partial charge in [0.05, 0.1) is 10.5 Å². The van der Waals surface area contributed by atoms with Gasteiger partial charge in [-0.1, -0.05) is 11.6 Å². The van der Waals surface area contributed by atoms with Gasteiger partial charge in [-0.15, -0.1) is 0 Å². The molecule has 0 saturated heterocycles. The van der Waals surface area contributed by atoms with Crippen molar-refractivity contribution < 1.29 is 18.3 Å². The van der Waals surface area contributed by atoms with Crippen LogP contribution in [0.25, 0.3) is 0 Å². The molecule has 0 radical (unpaired) electrons. The lowest BCUT2D eigenvalue weighted by Gasteiger charge is -2.11. The van der Waals surface area contributed by atoms with Crippen LogP contribution in [-0.2, 0) is 10.0 Å².